The lowest BCUT2D eigenvalue weighted by molar-refractivity contribution is 1.13. The van der Waals surface area contributed by atoms with Crippen LogP contribution in [-0.4, -0.2) is 23.3 Å². The van der Waals surface area contributed by atoms with Crippen molar-refractivity contribution in [3.8, 4) is 5.69 Å². The minimum Gasteiger partial charge on any atom is -0.309 e. The molecule has 6 heteroatoms. The lowest BCUT2D eigenvalue weighted by atomic mass is 10.2. The average Bonchev–Trinajstić information content (AvgIpc) is 3.53. The van der Waals surface area contributed by atoms with E-state index >= 15 is 0 Å². The number of nitrogens with zero attached hydrogens (tertiary/aromatic N) is 5. The number of rotatable bonds is 1. The van der Waals surface area contributed by atoms with Crippen LogP contribution < -0.4 is 0 Å². The normalized spacial score (nSPS) is 12.2. The summed E-state index contributed by atoms with van der Waals surface area (Å²) in [5, 5.41) is 3.44. The number of hydrogen-bond donors (Lipinski definition) is 0. The average molecular weight is 518 g/mol. The zero-order valence-electron chi connectivity index (χ0n) is 20.6. The molecular weight excluding hydrogens is 498 g/mol. The van der Waals surface area contributed by atoms with Crippen LogP contribution in [0.2, 0.25) is 0 Å². The van der Waals surface area contributed by atoms with Gasteiger partial charge in [-0.05, 0) is 54.6 Å². The minimum absolute atomic E-state index is 0.743. The molecule has 0 radical (unpaired) electrons. The summed E-state index contributed by atoms with van der Waals surface area (Å²) in [6.45, 7) is 0. The Bertz CT molecular complexity index is 2480. The van der Waals surface area contributed by atoms with E-state index in [4.69, 9.17) is 22.2 Å². The highest BCUT2D eigenvalue weighted by Crippen LogP contribution is 2.34. The Balaban J connectivity index is 1.44. The molecule has 4 heterocycles. The largest absolute Gasteiger partial charge is 0.309 e. The Morgan fingerprint density at radius 1 is 0.462 bits per heavy atom. The van der Waals surface area contributed by atoms with Gasteiger partial charge >= 0.3 is 0 Å². The van der Waals surface area contributed by atoms with Crippen LogP contribution in [0.1, 0.15) is 0 Å². The van der Waals surface area contributed by atoms with Gasteiger partial charge in [0.25, 0.3) is 0 Å². The molecule has 9 aromatic rings. The highest BCUT2D eigenvalue weighted by atomic mass is 32.1. The van der Waals surface area contributed by atoms with Gasteiger partial charge in [-0.3, -0.25) is 8.80 Å². The molecule has 0 saturated heterocycles. The molecule has 5 aromatic carbocycles. The summed E-state index contributed by atoms with van der Waals surface area (Å²) in [7, 11) is 0. The van der Waals surface area contributed by atoms with Crippen LogP contribution in [0.5, 0.6) is 0 Å². The lowest BCUT2D eigenvalue weighted by Crippen LogP contribution is -2.03. The van der Waals surface area contributed by atoms with Crippen molar-refractivity contribution in [3.05, 3.63) is 120 Å². The molecule has 0 spiro atoms. The maximum atomic E-state index is 6.01. The third-order valence-electron chi connectivity index (χ3n) is 7.82. The molecule has 9 rings (SSSR count). The van der Waals surface area contributed by atoms with Crippen molar-refractivity contribution in [2.45, 2.75) is 0 Å². The van der Waals surface area contributed by atoms with Gasteiger partial charge in [0.1, 0.15) is 4.64 Å². The summed E-state index contributed by atoms with van der Waals surface area (Å²) in [6, 6.07) is 40.1. The zero-order valence-corrected chi connectivity index (χ0v) is 21.4. The number of aromatic nitrogens is 5. The Morgan fingerprint density at radius 2 is 1.00 bits per heavy atom. The monoisotopic (exact) mass is 517 g/mol. The van der Waals surface area contributed by atoms with Crippen molar-refractivity contribution in [2.24, 2.45) is 0 Å². The molecule has 0 bridgehead atoms. The van der Waals surface area contributed by atoms with Crippen molar-refractivity contribution < 1.29 is 0 Å². The van der Waals surface area contributed by atoms with E-state index in [1.54, 1.807) is 0 Å². The molecular formula is C33H19N5S. The zero-order chi connectivity index (χ0) is 25.7. The molecule has 0 fully saturated rings. The second-order valence-electron chi connectivity index (χ2n) is 9.90. The van der Waals surface area contributed by atoms with Gasteiger partial charge in [0.05, 0.1) is 38.6 Å². The maximum absolute atomic E-state index is 6.01. The highest BCUT2D eigenvalue weighted by molar-refractivity contribution is 7.71. The van der Waals surface area contributed by atoms with Gasteiger partial charge in [0.15, 0.2) is 11.3 Å². The van der Waals surface area contributed by atoms with E-state index in [2.05, 4.69) is 98.3 Å². The standard InChI is InChI=1S/C33H19N5S/c39-33-23-11-1-4-12-24(23)34-32-31-35-25-19-20(17-18-28(25)37(31)29-15-7-8-16-30(29)38(32)33)36-26-13-5-2-9-21(26)22-10-3-6-14-27(22)36/h1-19H. The quantitative estimate of drug-likeness (QED) is 0.125. The van der Waals surface area contributed by atoms with Crippen molar-refractivity contribution in [1.29, 1.82) is 0 Å². The molecule has 0 amide bonds. The van der Waals surface area contributed by atoms with Gasteiger partial charge in [-0.15, -0.1) is 0 Å². The van der Waals surface area contributed by atoms with E-state index < -0.39 is 0 Å². The molecule has 0 saturated carbocycles. The summed E-state index contributed by atoms with van der Waals surface area (Å²) >= 11 is 6.01. The number of fused-ring (bicyclic) bond motifs is 12. The molecule has 0 aliphatic rings. The van der Waals surface area contributed by atoms with Crippen LogP contribution in [0.15, 0.2) is 115 Å². The number of imidazole rings is 1. The fraction of sp³-hybridized carbons (Fsp3) is 0. The molecule has 182 valence electrons. The van der Waals surface area contributed by atoms with E-state index in [1.807, 2.05) is 30.3 Å². The van der Waals surface area contributed by atoms with E-state index in [1.165, 1.54) is 21.8 Å². The summed E-state index contributed by atoms with van der Waals surface area (Å²) in [6.07, 6.45) is 0. The van der Waals surface area contributed by atoms with E-state index in [-0.39, 0.29) is 0 Å². The topological polar surface area (TPSA) is 39.5 Å². The van der Waals surface area contributed by atoms with E-state index in [9.17, 15) is 0 Å². The van der Waals surface area contributed by atoms with Crippen LogP contribution in [0.25, 0.3) is 71.8 Å². The Kier molecular flexibility index (Phi) is 4.02. The maximum Gasteiger partial charge on any atom is 0.183 e. The first-order chi connectivity index (χ1) is 19.3. The summed E-state index contributed by atoms with van der Waals surface area (Å²) in [4.78, 5) is 10.3. The van der Waals surface area contributed by atoms with Crippen molar-refractivity contribution in [1.82, 2.24) is 23.3 Å². The van der Waals surface area contributed by atoms with Gasteiger partial charge in [-0.25, -0.2) is 9.97 Å². The number of benzene rings is 5. The van der Waals surface area contributed by atoms with Gasteiger partial charge in [0.2, 0.25) is 0 Å². The first kappa shape index (κ1) is 20.9. The predicted molar refractivity (Wildman–Crippen MR) is 162 cm³/mol. The smallest absolute Gasteiger partial charge is 0.183 e. The first-order valence-corrected chi connectivity index (χ1v) is 13.3. The molecule has 39 heavy (non-hydrogen) atoms. The van der Waals surface area contributed by atoms with E-state index in [0.29, 0.717) is 0 Å². The van der Waals surface area contributed by atoms with Crippen LogP contribution in [0, 0.1) is 4.64 Å². The molecule has 0 aliphatic heterocycles. The molecule has 0 atom stereocenters. The fourth-order valence-corrected chi connectivity index (χ4v) is 6.51. The van der Waals surface area contributed by atoms with Gasteiger partial charge in [-0.1, -0.05) is 72.9 Å². The predicted octanol–water partition coefficient (Wildman–Crippen LogP) is 8.27. The second-order valence-corrected chi connectivity index (χ2v) is 10.3. The third kappa shape index (κ3) is 2.70. The third-order valence-corrected chi connectivity index (χ3v) is 8.22. The van der Waals surface area contributed by atoms with Crippen molar-refractivity contribution >= 4 is 78.3 Å². The minimum atomic E-state index is 0.743. The van der Waals surface area contributed by atoms with Crippen LogP contribution >= 0.6 is 12.2 Å². The van der Waals surface area contributed by atoms with Gasteiger partial charge < -0.3 is 4.57 Å². The first-order valence-electron chi connectivity index (χ1n) is 12.9. The molecule has 5 nitrogen and oxygen atoms in total. The molecule has 0 unspecified atom stereocenters. The Labute approximate surface area is 226 Å². The van der Waals surface area contributed by atoms with Gasteiger partial charge in [-0.2, -0.15) is 0 Å². The van der Waals surface area contributed by atoms with Crippen LogP contribution in [-0.2, 0) is 0 Å². The van der Waals surface area contributed by atoms with E-state index in [0.717, 1.165) is 54.6 Å². The summed E-state index contributed by atoms with van der Waals surface area (Å²) < 4.78 is 7.35. The second kappa shape index (κ2) is 7.49. The number of hydrogen-bond acceptors (Lipinski definition) is 3. The summed E-state index contributed by atoms with van der Waals surface area (Å²) in [5.74, 6) is 0. The summed E-state index contributed by atoms with van der Waals surface area (Å²) in [5.41, 5.74) is 9.85. The molecule has 0 aliphatic carbocycles. The van der Waals surface area contributed by atoms with Gasteiger partial charge in [0, 0.05) is 21.8 Å². The Morgan fingerprint density at radius 3 is 1.72 bits per heavy atom. The molecule has 0 N–H and O–H groups in total. The number of para-hydroxylation sites is 5. The van der Waals surface area contributed by atoms with Crippen molar-refractivity contribution in [3.63, 3.8) is 0 Å². The Hall–Kier alpha value is -5.07. The molecule has 4 aromatic heterocycles. The highest BCUT2D eigenvalue weighted by Gasteiger charge is 2.18. The lowest BCUT2D eigenvalue weighted by Gasteiger charge is -2.12. The fourth-order valence-electron chi connectivity index (χ4n) is 6.15. The van der Waals surface area contributed by atoms with Crippen LogP contribution in [0.4, 0.5) is 0 Å². The van der Waals surface area contributed by atoms with Crippen LogP contribution in [0.3, 0.4) is 0 Å². The van der Waals surface area contributed by atoms with Crippen molar-refractivity contribution in [2.75, 3.05) is 0 Å². The SMILES string of the molecule is S=c1c2ccccc2nc2c3nc4cc(-n5c6ccccc6c6ccccc65)ccc4n3c3ccccc3n12.